The number of hydrogen-bond acceptors (Lipinski definition) is 6. The number of hydrogen-bond donors (Lipinski definition) is 1. The lowest BCUT2D eigenvalue weighted by molar-refractivity contribution is -0.127. The first kappa shape index (κ1) is 16.8. The van der Waals surface area contributed by atoms with Crippen molar-refractivity contribution >= 4 is 40.6 Å². The van der Waals surface area contributed by atoms with E-state index in [-0.39, 0.29) is 11.4 Å². The van der Waals surface area contributed by atoms with E-state index < -0.39 is 17.1 Å². The van der Waals surface area contributed by atoms with Gasteiger partial charge in [-0.1, -0.05) is 0 Å². The third kappa shape index (κ3) is 3.92. The average Bonchev–Trinajstić information content (AvgIpc) is 3.20. The summed E-state index contributed by atoms with van der Waals surface area (Å²) < 4.78 is 10.2. The van der Waals surface area contributed by atoms with Gasteiger partial charge < -0.3 is 14.5 Å². The third-order valence-corrected chi connectivity index (χ3v) is 4.27. The molecule has 1 aromatic heterocycles. The molecule has 1 aliphatic heterocycles. The lowest BCUT2D eigenvalue weighted by Crippen LogP contribution is -2.36. The highest BCUT2D eigenvalue weighted by atomic mass is 32.2. The number of nitrogens with zero attached hydrogens (tertiary/aromatic N) is 1. The largest absolute Gasteiger partial charge is 0.497 e. The molecule has 0 spiro atoms. The minimum atomic E-state index is -0.517. The predicted molar refractivity (Wildman–Crippen MR) is 93.0 cm³/mol. The topological polar surface area (TPSA) is 88.8 Å². The monoisotopic (exact) mass is 358 g/mol. The van der Waals surface area contributed by atoms with Crippen LogP contribution in [-0.4, -0.2) is 35.6 Å². The molecule has 0 aliphatic carbocycles. The van der Waals surface area contributed by atoms with Crippen LogP contribution >= 0.6 is 11.8 Å². The summed E-state index contributed by atoms with van der Waals surface area (Å²) in [5.41, 5.74) is 0.545. The summed E-state index contributed by atoms with van der Waals surface area (Å²) in [6.45, 7) is -0.355. The zero-order valence-corrected chi connectivity index (χ0v) is 14.0. The Morgan fingerprint density at radius 3 is 2.68 bits per heavy atom. The maximum absolute atomic E-state index is 12.3. The molecule has 0 atom stereocenters. The standard InChI is InChI=1S/C17H14N2O5S/c1-23-12-6-4-11(5-7-12)18-15(20)10-19-16(21)14(25-17(19)22)9-13-3-2-8-24-13/h2-9H,10H2,1H3,(H,18,20)/b14-9+. The number of ether oxygens (including phenoxy) is 1. The van der Waals surface area contributed by atoms with Crippen molar-refractivity contribution in [1.82, 2.24) is 4.90 Å². The molecular formula is C17H14N2O5S. The van der Waals surface area contributed by atoms with Gasteiger partial charge in [0.25, 0.3) is 11.1 Å². The molecule has 2 heterocycles. The maximum Gasteiger partial charge on any atom is 0.294 e. The number of thioether (sulfide) groups is 1. The maximum atomic E-state index is 12.3. The van der Waals surface area contributed by atoms with Crippen molar-refractivity contribution in [3.8, 4) is 5.75 Å². The summed E-state index contributed by atoms with van der Waals surface area (Å²) in [4.78, 5) is 37.5. The summed E-state index contributed by atoms with van der Waals surface area (Å²) in [6.07, 6.45) is 2.95. The van der Waals surface area contributed by atoms with Crippen LogP contribution in [0.1, 0.15) is 5.76 Å². The van der Waals surface area contributed by atoms with Crippen LogP contribution in [0.3, 0.4) is 0 Å². The molecule has 1 fully saturated rings. The van der Waals surface area contributed by atoms with Crippen molar-refractivity contribution in [3.05, 3.63) is 53.3 Å². The van der Waals surface area contributed by atoms with Crippen LogP contribution in [0.2, 0.25) is 0 Å². The van der Waals surface area contributed by atoms with Crippen molar-refractivity contribution in [2.45, 2.75) is 0 Å². The van der Waals surface area contributed by atoms with Gasteiger partial charge in [0, 0.05) is 11.8 Å². The molecule has 0 saturated carbocycles. The van der Waals surface area contributed by atoms with Gasteiger partial charge in [-0.3, -0.25) is 19.3 Å². The van der Waals surface area contributed by atoms with E-state index in [0.717, 1.165) is 16.7 Å². The fourth-order valence-electron chi connectivity index (χ4n) is 2.16. The van der Waals surface area contributed by atoms with Crippen molar-refractivity contribution < 1.29 is 23.5 Å². The smallest absolute Gasteiger partial charge is 0.294 e. The fraction of sp³-hybridized carbons (Fsp3) is 0.118. The molecule has 0 bridgehead atoms. The minimum absolute atomic E-state index is 0.220. The van der Waals surface area contributed by atoms with Crippen LogP contribution in [-0.2, 0) is 9.59 Å². The van der Waals surface area contributed by atoms with Crippen molar-refractivity contribution in [3.63, 3.8) is 0 Å². The van der Waals surface area contributed by atoms with Crippen molar-refractivity contribution in [1.29, 1.82) is 0 Å². The van der Waals surface area contributed by atoms with Gasteiger partial charge >= 0.3 is 0 Å². The average molecular weight is 358 g/mol. The van der Waals surface area contributed by atoms with E-state index in [1.807, 2.05) is 0 Å². The first-order chi connectivity index (χ1) is 12.1. The molecule has 1 aromatic carbocycles. The number of benzene rings is 1. The third-order valence-electron chi connectivity index (χ3n) is 3.37. The van der Waals surface area contributed by atoms with Crippen LogP contribution in [0.15, 0.2) is 52.0 Å². The number of amides is 3. The van der Waals surface area contributed by atoms with Crippen LogP contribution < -0.4 is 10.1 Å². The van der Waals surface area contributed by atoms with Crippen molar-refractivity contribution in [2.24, 2.45) is 0 Å². The number of anilines is 1. The lowest BCUT2D eigenvalue weighted by Gasteiger charge is -2.12. The number of nitrogens with one attached hydrogen (secondary N) is 1. The second-order valence-electron chi connectivity index (χ2n) is 5.06. The zero-order chi connectivity index (χ0) is 17.8. The zero-order valence-electron chi connectivity index (χ0n) is 13.2. The Balaban J connectivity index is 1.64. The Morgan fingerprint density at radius 2 is 2.04 bits per heavy atom. The van der Waals surface area contributed by atoms with Crippen LogP contribution in [0.4, 0.5) is 10.5 Å². The molecule has 1 N–H and O–H groups in total. The Hall–Kier alpha value is -3.00. The molecule has 1 saturated heterocycles. The number of carbonyl (C=O) groups excluding carboxylic acids is 3. The van der Waals surface area contributed by atoms with E-state index in [4.69, 9.17) is 9.15 Å². The highest BCUT2D eigenvalue weighted by Gasteiger charge is 2.36. The Morgan fingerprint density at radius 1 is 1.28 bits per heavy atom. The number of rotatable bonds is 5. The van der Waals surface area contributed by atoms with Gasteiger partial charge in [0.2, 0.25) is 5.91 Å². The van der Waals surface area contributed by atoms with E-state index in [0.29, 0.717) is 17.2 Å². The molecule has 25 heavy (non-hydrogen) atoms. The molecule has 0 unspecified atom stereocenters. The van der Waals surface area contributed by atoms with E-state index in [2.05, 4.69) is 5.32 Å². The first-order valence-corrected chi connectivity index (χ1v) is 8.11. The molecule has 0 radical (unpaired) electrons. The van der Waals surface area contributed by atoms with E-state index in [9.17, 15) is 14.4 Å². The Bertz CT molecular complexity index is 827. The van der Waals surface area contributed by atoms with Gasteiger partial charge in [0.15, 0.2) is 0 Å². The quantitative estimate of drug-likeness (QED) is 0.827. The van der Waals surface area contributed by atoms with Crippen LogP contribution in [0.25, 0.3) is 6.08 Å². The van der Waals surface area contributed by atoms with Gasteiger partial charge in [-0.15, -0.1) is 0 Å². The predicted octanol–water partition coefficient (Wildman–Crippen LogP) is 2.96. The molecular weight excluding hydrogens is 344 g/mol. The summed E-state index contributed by atoms with van der Waals surface area (Å²) in [5, 5.41) is 2.14. The molecule has 128 valence electrons. The van der Waals surface area contributed by atoms with Crippen LogP contribution in [0, 0.1) is 0 Å². The van der Waals surface area contributed by atoms with Gasteiger partial charge in [-0.25, -0.2) is 0 Å². The molecule has 3 amide bonds. The van der Waals surface area contributed by atoms with E-state index in [1.165, 1.54) is 12.3 Å². The second-order valence-corrected chi connectivity index (χ2v) is 6.05. The fourth-order valence-corrected chi connectivity index (χ4v) is 2.98. The number of carbonyl (C=O) groups is 3. The molecule has 8 heteroatoms. The SMILES string of the molecule is COc1ccc(NC(=O)CN2C(=O)S/C(=C/c3ccco3)C2=O)cc1. The molecule has 7 nitrogen and oxygen atoms in total. The minimum Gasteiger partial charge on any atom is -0.497 e. The number of methoxy groups -OCH3 is 1. The summed E-state index contributed by atoms with van der Waals surface area (Å²) >= 11 is 0.775. The molecule has 1 aliphatic rings. The van der Waals surface area contributed by atoms with Gasteiger partial charge in [-0.05, 0) is 48.2 Å². The highest BCUT2D eigenvalue weighted by molar-refractivity contribution is 8.18. The number of furan rings is 1. The van der Waals surface area contributed by atoms with E-state index in [1.54, 1.807) is 43.5 Å². The van der Waals surface area contributed by atoms with Gasteiger partial charge in [0.1, 0.15) is 18.1 Å². The van der Waals surface area contributed by atoms with E-state index >= 15 is 0 Å². The summed E-state index contributed by atoms with van der Waals surface area (Å²) in [5.74, 6) is 0.142. The second kappa shape index (κ2) is 7.27. The van der Waals surface area contributed by atoms with Crippen molar-refractivity contribution in [2.75, 3.05) is 19.0 Å². The Kier molecular flexibility index (Phi) is 4.90. The highest BCUT2D eigenvalue weighted by Crippen LogP contribution is 2.32. The van der Waals surface area contributed by atoms with Gasteiger partial charge in [-0.2, -0.15) is 0 Å². The molecule has 2 aromatic rings. The first-order valence-electron chi connectivity index (χ1n) is 7.29. The number of imide groups is 1. The summed E-state index contributed by atoms with van der Waals surface area (Å²) in [6, 6.07) is 10.1. The lowest BCUT2D eigenvalue weighted by atomic mass is 10.3. The summed E-state index contributed by atoms with van der Waals surface area (Å²) in [7, 11) is 1.55. The normalized spacial score (nSPS) is 15.7. The van der Waals surface area contributed by atoms with Crippen LogP contribution in [0.5, 0.6) is 5.75 Å². The van der Waals surface area contributed by atoms with Gasteiger partial charge in [0.05, 0.1) is 18.3 Å². The molecule has 3 rings (SSSR count). The Labute approximate surface area is 147 Å².